The summed E-state index contributed by atoms with van der Waals surface area (Å²) in [6, 6.07) is 7.35. The monoisotopic (exact) mass is 277 g/mol. The Morgan fingerprint density at radius 2 is 1.79 bits per heavy atom. The fourth-order valence-corrected chi connectivity index (χ4v) is 2.04. The second-order valence-corrected chi connectivity index (χ2v) is 4.89. The fourth-order valence-electron chi connectivity index (χ4n) is 1.79. The van der Waals surface area contributed by atoms with Crippen molar-refractivity contribution in [3.8, 4) is 5.75 Å². The van der Waals surface area contributed by atoms with Crippen LogP contribution in [-0.2, 0) is 0 Å². The number of aryl methyl sites for hydroxylation is 2. The summed E-state index contributed by atoms with van der Waals surface area (Å²) >= 11 is 5.98. The number of rotatable bonds is 2. The number of hydrogen-bond donors (Lipinski definition) is 4. The van der Waals surface area contributed by atoms with Crippen molar-refractivity contribution >= 4 is 34.4 Å². The van der Waals surface area contributed by atoms with Crippen LogP contribution in [-0.4, -0.2) is 5.11 Å². The van der Waals surface area contributed by atoms with Gasteiger partial charge in [0.1, 0.15) is 10.8 Å². The van der Waals surface area contributed by atoms with E-state index in [4.69, 9.17) is 23.1 Å². The van der Waals surface area contributed by atoms with Crippen molar-refractivity contribution < 1.29 is 5.11 Å². The average molecular weight is 278 g/mol. The van der Waals surface area contributed by atoms with Crippen LogP contribution < -0.4 is 16.8 Å². The third-order valence-electron chi connectivity index (χ3n) is 3.02. The predicted molar refractivity (Wildman–Crippen MR) is 81.1 cm³/mol. The number of aromatic hydroxyl groups is 1. The molecule has 0 aliphatic heterocycles. The Morgan fingerprint density at radius 3 is 2.42 bits per heavy atom. The SMILES string of the molecule is Cc1cc(Nc2cc(C)c(O)c(Cl)c2N)ccc1N. The van der Waals surface area contributed by atoms with Gasteiger partial charge in [-0.2, -0.15) is 0 Å². The Kier molecular flexibility index (Phi) is 3.44. The van der Waals surface area contributed by atoms with Gasteiger partial charge < -0.3 is 21.9 Å². The number of phenolic OH excluding ortho intramolecular Hbond substituents is 1. The number of benzene rings is 2. The molecule has 5 heteroatoms. The molecule has 19 heavy (non-hydrogen) atoms. The summed E-state index contributed by atoms with van der Waals surface area (Å²) in [5.41, 5.74) is 15.9. The van der Waals surface area contributed by atoms with E-state index >= 15 is 0 Å². The largest absolute Gasteiger partial charge is 0.506 e. The van der Waals surface area contributed by atoms with E-state index in [1.54, 1.807) is 13.0 Å². The first-order chi connectivity index (χ1) is 8.90. The highest BCUT2D eigenvalue weighted by Gasteiger charge is 2.12. The third-order valence-corrected chi connectivity index (χ3v) is 3.40. The van der Waals surface area contributed by atoms with Crippen molar-refractivity contribution in [2.24, 2.45) is 0 Å². The molecule has 0 fully saturated rings. The minimum Gasteiger partial charge on any atom is -0.506 e. The van der Waals surface area contributed by atoms with E-state index in [0.717, 1.165) is 16.9 Å². The van der Waals surface area contributed by atoms with Crippen LogP contribution in [0.5, 0.6) is 5.75 Å². The first-order valence-corrected chi connectivity index (χ1v) is 6.18. The van der Waals surface area contributed by atoms with Gasteiger partial charge in [0.2, 0.25) is 0 Å². The van der Waals surface area contributed by atoms with Crippen LogP contribution in [0.1, 0.15) is 11.1 Å². The van der Waals surface area contributed by atoms with Gasteiger partial charge in [0.05, 0.1) is 11.4 Å². The van der Waals surface area contributed by atoms with Gasteiger partial charge in [-0.1, -0.05) is 11.6 Å². The van der Waals surface area contributed by atoms with Crippen LogP contribution in [0.15, 0.2) is 24.3 Å². The van der Waals surface area contributed by atoms with Crippen LogP contribution >= 0.6 is 11.6 Å². The van der Waals surface area contributed by atoms with Crippen LogP contribution in [0, 0.1) is 13.8 Å². The van der Waals surface area contributed by atoms with Gasteiger partial charge in [-0.05, 0) is 49.2 Å². The predicted octanol–water partition coefficient (Wildman–Crippen LogP) is 3.57. The minimum atomic E-state index is 0.0122. The van der Waals surface area contributed by atoms with Gasteiger partial charge in [0.15, 0.2) is 0 Å². The summed E-state index contributed by atoms with van der Waals surface area (Å²) < 4.78 is 0. The third kappa shape index (κ3) is 2.53. The second-order valence-electron chi connectivity index (χ2n) is 4.51. The van der Waals surface area contributed by atoms with Crippen LogP contribution in [0.3, 0.4) is 0 Å². The molecule has 0 unspecified atom stereocenters. The fraction of sp³-hybridized carbons (Fsp3) is 0.143. The maximum atomic E-state index is 9.70. The van der Waals surface area contributed by atoms with E-state index in [1.165, 1.54) is 0 Å². The zero-order valence-electron chi connectivity index (χ0n) is 10.8. The number of hydrogen-bond acceptors (Lipinski definition) is 4. The van der Waals surface area contributed by atoms with Crippen LogP contribution in [0.4, 0.5) is 22.7 Å². The van der Waals surface area contributed by atoms with E-state index in [2.05, 4.69) is 5.32 Å². The van der Waals surface area contributed by atoms with Gasteiger partial charge >= 0.3 is 0 Å². The summed E-state index contributed by atoms with van der Waals surface area (Å²) in [4.78, 5) is 0. The normalized spacial score (nSPS) is 10.5. The molecule has 0 atom stereocenters. The lowest BCUT2D eigenvalue weighted by molar-refractivity contribution is 0.472. The van der Waals surface area contributed by atoms with Gasteiger partial charge in [-0.3, -0.25) is 0 Å². The number of halogens is 1. The lowest BCUT2D eigenvalue weighted by Crippen LogP contribution is -1.99. The number of nitrogens with two attached hydrogens (primary N) is 2. The topological polar surface area (TPSA) is 84.3 Å². The molecule has 2 rings (SSSR count). The van der Waals surface area contributed by atoms with E-state index in [9.17, 15) is 5.11 Å². The number of nitrogens with one attached hydrogen (secondary N) is 1. The molecular formula is C14H16ClN3O. The highest BCUT2D eigenvalue weighted by Crippen LogP contribution is 2.39. The summed E-state index contributed by atoms with van der Waals surface area (Å²) in [5.74, 6) is 0.0122. The maximum Gasteiger partial charge on any atom is 0.139 e. The molecule has 0 aliphatic rings. The lowest BCUT2D eigenvalue weighted by atomic mass is 10.1. The zero-order chi connectivity index (χ0) is 14.2. The Labute approximate surface area is 117 Å². The molecule has 0 aromatic heterocycles. The summed E-state index contributed by atoms with van der Waals surface area (Å²) in [6.45, 7) is 3.69. The molecule has 0 aliphatic carbocycles. The molecule has 0 heterocycles. The van der Waals surface area contributed by atoms with Crippen molar-refractivity contribution in [1.29, 1.82) is 0 Å². The van der Waals surface area contributed by atoms with Gasteiger partial charge in [-0.25, -0.2) is 0 Å². The Bertz CT molecular complexity index is 641. The van der Waals surface area contributed by atoms with Crippen molar-refractivity contribution in [2.45, 2.75) is 13.8 Å². The Balaban J connectivity index is 2.41. The number of nitrogen functional groups attached to an aromatic ring is 2. The quantitative estimate of drug-likeness (QED) is 0.499. The summed E-state index contributed by atoms with van der Waals surface area (Å²) in [5, 5.41) is 13.0. The van der Waals surface area contributed by atoms with E-state index in [0.29, 0.717) is 16.9 Å². The molecule has 0 spiro atoms. The second kappa shape index (κ2) is 4.90. The molecule has 0 amide bonds. The molecular weight excluding hydrogens is 262 g/mol. The summed E-state index contributed by atoms with van der Waals surface area (Å²) in [6.07, 6.45) is 0. The van der Waals surface area contributed by atoms with Crippen molar-refractivity contribution in [1.82, 2.24) is 0 Å². The lowest BCUT2D eigenvalue weighted by Gasteiger charge is -2.14. The Hall–Kier alpha value is -2.07. The molecule has 4 nitrogen and oxygen atoms in total. The molecule has 2 aromatic rings. The molecule has 0 saturated heterocycles. The van der Waals surface area contributed by atoms with Crippen molar-refractivity contribution in [2.75, 3.05) is 16.8 Å². The molecule has 100 valence electrons. The molecule has 2 aromatic carbocycles. The number of anilines is 4. The molecule has 0 saturated carbocycles. The van der Waals surface area contributed by atoms with Crippen LogP contribution in [0.25, 0.3) is 0 Å². The minimum absolute atomic E-state index is 0.0122. The van der Waals surface area contributed by atoms with Gasteiger partial charge in [0.25, 0.3) is 0 Å². The highest BCUT2D eigenvalue weighted by atomic mass is 35.5. The van der Waals surface area contributed by atoms with E-state index in [1.807, 2.05) is 25.1 Å². The maximum absolute atomic E-state index is 9.70. The number of phenols is 1. The molecule has 0 radical (unpaired) electrons. The standard InChI is InChI=1S/C14H16ClN3O/c1-7-5-9(3-4-10(7)16)18-11-6-8(2)14(19)12(15)13(11)17/h3-6,18-19H,16-17H2,1-2H3. The Morgan fingerprint density at radius 1 is 1.11 bits per heavy atom. The molecule has 6 N–H and O–H groups in total. The first-order valence-electron chi connectivity index (χ1n) is 5.81. The van der Waals surface area contributed by atoms with Gasteiger partial charge in [-0.15, -0.1) is 0 Å². The van der Waals surface area contributed by atoms with Crippen LogP contribution in [0.2, 0.25) is 5.02 Å². The van der Waals surface area contributed by atoms with Gasteiger partial charge in [0, 0.05) is 11.4 Å². The highest BCUT2D eigenvalue weighted by molar-refractivity contribution is 6.35. The van der Waals surface area contributed by atoms with Crippen molar-refractivity contribution in [3.05, 3.63) is 40.4 Å². The van der Waals surface area contributed by atoms with Crippen molar-refractivity contribution in [3.63, 3.8) is 0 Å². The van der Waals surface area contributed by atoms with E-state index < -0.39 is 0 Å². The zero-order valence-corrected chi connectivity index (χ0v) is 11.5. The smallest absolute Gasteiger partial charge is 0.139 e. The average Bonchev–Trinajstić information content (AvgIpc) is 2.38. The summed E-state index contributed by atoms with van der Waals surface area (Å²) in [7, 11) is 0. The molecule has 0 bridgehead atoms. The van der Waals surface area contributed by atoms with E-state index in [-0.39, 0.29) is 10.8 Å². The first kappa shape index (κ1) is 13.4.